The standard InChI is InChI=1S/C18H14ClNO3/c1-11(21)23-18(12-6-8-13(19)9-7-12)10-17(18)14-4-2-3-5-15(14)20-16(17)22/h2-9H,10H2,1H3,(H,20,22)/t17-,18+/m1/s1. The highest BCUT2D eigenvalue weighted by molar-refractivity contribution is 6.30. The van der Waals surface area contributed by atoms with Crippen molar-refractivity contribution in [1.82, 2.24) is 0 Å². The van der Waals surface area contributed by atoms with Crippen molar-refractivity contribution in [2.45, 2.75) is 24.4 Å². The number of carbonyl (C=O) groups excluding carboxylic acids is 2. The number of fused-ring (bicyclic) bond motifs is 2. The number of nitrogens with one attached hydrogen (secondary N) is 1. The molecule has 23 heavy (non-hydrogen) atoms. The average Bonchev–Trinajstić information content (AvgIpc) is 3.09. The van der Waals surface area contributed by atoms with Gasteiger partial charge in [0.15, 0.2) is 5.60 Å². The van der Waals surface area contributed by atoms with Gasteiger partial charge in [0.05, 0.1) is 0 Å². The summed E-state index contributed by atoms with van der Waals surface area (Å²) in [6.07, 6.45) is 0.435. The van der Waals surface area contributed by atoms with E-state index in [-0.39, 0.29) is 5.91 Å². The van der Waals surface area contributed by atoms with Crippen molar-refractivity contribution >= 4 is 29.2 Å². The van der Waals surface area contributed by atoms with Gasteiger partial charge in [-0.2, -0.15) is 0 Å². The molecule has 2 aliphatic rings. The maximum Gasteiger partial charge on any atom is 0.303 e. The Morgan fingerprint density at radius 3 is 2.57 bits per heavy atom. The lowest BCUT2D eigenvalue weighted by Crippen LogP contribution is -2.32. The van der Waals surface area contributed by atoms with E-state index in [1.54, 1.807) is 12.1 Å². The molecule has 1 saturated carbocycles. The Hall–Kier alpha value is -2.33. The van der Waals surface area contributed by atoms with Crippen LogP contribution < -0.4 is 5.32 Å². The molecule has 1 aliphatic heterocycles. The Morgan fingerprint density at radius 1 is 1.17 bits per heavy atom. The van der Waals surface area contributed by atoms with Crippen LogP contribution in [0.15, 0.2) is 48.5 Å². The summed E-state index contributed by atoms with van der Waals surface area (Å²) < 4.78 is 5.70. The van der Waals surface area contributed by atoms with Crippen LogP contribution in [0.25, 0.3) is 0 Å². The Labute approximate surface area is 138 Å². The molecule has 2 aromatic carbocycles. The molecular formula is C18H14ClNO3. The maximum absolute atomic E-state index is 12.7. The lowest BCUT2D eigenvalue weighted by atomic mass is 9.89. The molecule has 1 N–H and O–H groups in total. The van der Waals surface area contributed by atoms with Crippen LogP contribution in [0.4, 0.5) is 5.69 Å². The number of halogens is 1. The van der Waals surface area contributed by atoms with Crippen molar-refractivity contribution in [2.24, 2.45) is 0 Å². The van der Waals surface area contributed by atoms with Crippen LogP contribution in [0.3, 0.4) is 0 Å². The molecule has 1 fully saturated rings. The maximum atomic E-state index is 12.7. The van der Waals surface area contributed by atoms with Gasteiger partial charge in [-0.1, -0.05) is 41.9 Å². The summed E-state index contributed by atoms with van der Waals surface area (Å²) in [5.41, 5.74) is 0.606. The lowest BCUT2D eigenvalue weighted by molar-refractivity contribution is -0.151. The van der Waals surface area contributed by atoms with Crippen LogP contribution >= 0.6 is 11.6 Å². The predicted molar refractivity (Wildman–Crippen MR) is 86.3 cm³/mol. The van der Waals surface area contributed by atoms with Crippen LogP contribution in [0.2, 0.25) is 5.02 Å². The van der Waals surface area contributed by atoms with Gasteiger partial charge in [0.1, 0.15) is 5.41 Å². The van der Waals surface area contributed by atoms with E-state index in [4.69, 9.17) is 16.3 Å². The van der Waals surface area contributed by atoms with Gasteiger partial charge in [0.2, 0.25) is 5.91 Å². The molecule has 1 spiro atoms. The van der Waals surface area contributed by atoms with E-state index in [1.807, 2.05) is 36.4 Å². The van der Waals surface area contributed by atoms with E-state index in [2.05, 4.69) is 5.32 Å². The second kappa shape index (κ2) is 4.59. The number of anilines is 1. The van der Waals surface area contributed by atoms with Gasteiger partial charge in [-0.25, -0.2) is 0 Å². The van der Waals surface area contributed by atoms with Gasteiger partial charge in [-0.05, 0) is 29.3 Å². The number of para-hydroxylation sites is 1. The van der Waals surface area contributed by atoms with Crippen molar-refractivity contribution in [2.75, 3.05) is 5.32 Å². The second-order valence-electron chi connectivity index (χ2n) is 6.01. The number of benzene rings is 2. The highest BCUT2D eigenvalue weighted by Gasteiger charge is 2.79. The van der Waals surface area contributed by atoms with E-state index < -0.39 is 17.0 Å². The predicted octanol–water partition coefficient (Wildman–Crippen LogP) is 3.39. The van der Waals surface area contributed by atoms with Crippen LogP contribution in [-0.4, -0.2) is 11.9 Å². The summed E-state index contributed by atoms with van der Waals surface area (Å²) in [6, 6.07) is 14.6. The Balaban J connectivity index is 1.89. The number of hydrogen-bond acceptors (Lipinski definition) is 3. The summed E-state index contributed by atoms with van der Waals surface area (Å²) in [4.78, 5) is 24.4. The largest absolute Gasteiger partial charge is 0.453 e. The first kappa shape index (κ1) is 14.3. The number of carbonyl (C=O) groups is 2. The molecule has 1 heterocycles. The van der Waals surface area contributed by atoms with E-state index in [9.17, 15) is 9.59 Å². The van der Waals surface area contributed by atoms with E-state index >= 15 is 0 Å². The number of esters is 1. The second-order valence-corrected chi connectivity index (χ2v) is 6.45. The molecule has 4 rings (SSSR count). The minimum Gasteiger partial charge on any atom is -0.453 e. The highest BCUT2D eigenvalue weighted by atomic mass is 35.5. The van der Waals surface area contributed by atoms with Gasteiger partial charge in [0, 0.05) is 24.1 Å². The Bertz CT molecular complexity index is 832. The van der Waals surface area contributed by atoms with Crippen molar-refractivity contribution in [1.29, 1.82) is 0 Å². The molecule has 2 aromatic rings. The topological polar surface area (TPSA) is 55.4 Å². The zero-order valence-corrected chi connectivity index (χ0v) is 13.2. The molecular weight excluding hydrogens is 314 g/mol. The van der Waals surface area contributed by atoms with Gasteiger partial charge >= 0.3 is 5.97 Å². The number of amides is 1. The van der Waals surface area contributed by atoms with E-state index in [0.717, 1.165) is 16.8 Å². The van der Waals surface area contributed by atoms with Gasteiger partial charge in [0.25, 0.3) is 0 Å². The fraction of sp³-hybridized carbons (Fsp3) is 0.222. The summed E-state index contributed by atoms with van der Waals surface area (Å²) in [5, 5.41) is 3.50. The first-order valence-corrected chi connectivity index (χ1v) is 7.74. The summed E-state index contributed by atoms with van der Waals surface area (Å²) in [5.74, 6) is -0.538. The van der Waals surface area contributed by atoms with E-state index in [1.165, 1.54) is 6.92 Å². The third-order valence-electron chi connectivity index (χ3n) is 4.73. The lowest BCUT2D eigenvalue weighted by Gasteiger charge is -2.22. The average molecular weight is 328 g/mol. The monoisotopic (exact) mass is 327 g/mol. The van der Waals surface area contributed by atoms with Crippen LogP contribution in [0, 0.1) is 0 Å². The molecule has 116 valence electrons. The Morgan fingerprint density at radius 2 is 1.87 bits per heavy atom. The molecule has 0 saturated heterocycles. The molecule has 2 atom stereocenters. The molecule has 5 heteroatoms. The van der Waals surface area contributed by atoms with Crippen molar-refractivity contribution < 1.29 is 14.3 Å². The quantitative estimate of drug-likeness (QED) is 0.860. The molecule has 1 amide bonds. The van der Waals surface area contributed by atoms with Crippen LogP contribution in [-0.2, 0) is 25.3 Å². The molecule has 1 aliphatic carbocycles. The minimum absolute atomic E-state index is 0.130. The molecule has 0 aromatic heterocycles. The van der Waals surface area contributed by atoms with Crippen LogP contribution in [0.1, 0.15) is 24.5 Å². The van der Waals surface area contributed by atoms with Crippen molar-refractivity contribution in [3.8, 4) is 0 Å². The molecule has 0 radical (unpaired) electrons. The first-order chi connectivity index (χ1) is 11.0. The summed E-state index contributed by atoms with van der Waals surface area (Å²) >= 11 is 5.96. The van der Waals surface area contributed by atoms with Gasteiger partial charge in [-0.3, -0.25) is 9.59 Å². The Kier molecular flexibility index (Phi) is 2.85. The molecule has 4 nitrogen and oxygen atoms in total. The normalized spacial score (nSPS) is 27.5. The summed E-state index contributed by atoms with van der Waals surface area (Å²) in [7, 11) is 0. The fourth-order valence-corrected chi connectivity index (χ4v) is 3.84. The third kappa shape index (κ3) is 1.78. The zero-order valence-electron chi connectivity index (χ0n) is 12.4. The summed E-state index contributed by atoms with van der Waals surface area (Å²) in [6.45, 7) is 1.36. The number of rotatable bonds is 2. The van der Waals surface area contributed by atoms with Crippen LogP contribution in [0.5, 0.6) is 0 Å². The fourth-order valence-electron chi connectivity index (χ4n) is 3.72. The molecule has 0 bridgehead atoms. The highest BCUT2D eigenvalue weighted by Crippen LogP contribution is 2.69. The van der Waals surface area contributed by atoms with Crippen molar-refractivity contribution in [3.63, 3.8) is 0 Å². The van der Waals surface area contributed by atoms with Gasteiger partial charge < -0.3 is 10.1 Å². The van der Waals surface area contributed by atoms with E-state index in [0.29, 0.717) is 11.4 Å². The first-order valence-electron chi connectivity index (χ1n) is 7.36. The number of hydrogen-bond donors (Lipinski definition) is 1. The number of ether oxygens (including phenoxy) is 1. The zero-order chi connectivity index (χ0) is 16.2. The third-order valence-corrected chi connectivity index (χ3v) is 4.98. The molecule has 0 unspecified atom stereocenters. The smallest absolute Gasteiger partial charge is 0.303 e. The van der Waals surface area contributed by atoms with Gasteiger partial charge in [-0.15, -0.1) is 0 Å². The SMILES string of the molecule is CC(=O)O[C@]1(c2ccc(Cl)cc2)C[C@@]12C(=O)Nc1ccccc12. The van der Waals surface area contributed by atoms with Crippen molar-refractivity contribution in [3.05, 3.63) is 64.7 Å². The minimum atomic E-state index is -0.972.